The SMILES string of the molecule is Cc1cccc(C(C)C)c1NC(=O)C(NS(=O)(=O)c1cccc2nsnc12)c1ccccc1. The molecule has 0 aliphatic heterocycles. The number of anilines is 1. The highest BCUT2D eigenvalue weighted by Gasteiger charge is 2.30. The van der Waals surface area contributed by atoms with Crippen LogP contribution in [0.5, 0.6) is 0 Å². The summed E-state index contributed by atoms with van der Waals surface area (Å²) in [5.74, 6) is -0.286. The van der Waals surface area contributed by atoms with Crippen LogP contribution in [-0.4, -0.2) is 23.1 Å². The Morgan fingerprint density at radius 1 is 0.939 bits per heavy atom. The summed E-state index contributed by atoms with van der Waals surface area (Å²) in [7, 11) is -4.08. The number of benzene rings is 3. The fourth-order valence-electron chi connectivity index (χ4n) is 3.67. The molecule has 9 heteroatoms. The van der Waals surface area contributed by atoms with E-state index in [1.54, 1.807) is 36.4 Å². The van der Waals surface area contributed by atoms with Crippen LogP contribution in [0.2, 0.25) is 0 Å². The van der Waals surface area contributed by atoms with E-state index in [-0.39, 0.29) is 16.3 Å². The van der Waals surface area contributed by atoms with Crippen molar-refractivity contribution >= 4 is 44.4 Å². The van der Waals surface area contributed by atoms with E-state index in [9.17, 15) is 13.2 Å². The third-order valence-corrected chi connectivity index (χ3v) is 7.38. The van der Waals surface area contributed by atoms with Crippen LogP contribution in [0.15, 0.2) is 71.6 Å². The molecule has 0 radical (unpaired) electrons. The lowest BCUT2D eigenvalue weighted by molar-refractivity contribution is -0.117. The number of aryl methyl sites for hydroxylation is 1. The highest BCUT2D eigenvalue weighted by atomic mass is 32.2. The van der Waals surface area contributed by atoms with Crippen molar-refractivity contribution in [3.63, 3.8) is 0 Å². The Kier molecular flexibility index (Phi) is 6.55. The molecule has 1 unspecified atom stereocenters. The highest BCUT2D eigenvalue weighted by molar-refractivity contribution is 7.89. The second-order valence-corrected chi connectivity index (χ2v) is 10.2. The first-order chi connectivity index (χ1) is 15.8. The lowest BCUT2D eigenvalue weighted by atomic mass is 9.97. The predicted octanol–water partition coefficient (Wildman–Crippen LogP) is 4.78. The van der Waals surface area contributed by atoms with Crippen molar-refractivity contribution in [2.24, 2.45) is 0 Å². The van der Waals surface area contributed by atoms with Gasteiger partial charge in [-0.1, -0.05) is 68.4 Å². The van der Waals surface area contributed by atoms with Crippen LogP contribution in [0.25, 0.3) is 11.0 Å². The molecule has 0 saturated carbocycles. The summed E-state index contributed by atoms with van der Waals surface area (Å²) in [6.07, 6.45) is 0. The molecule has 0 aliphatic rings. The van der Waals surface area contributed by atoms with Gasteiger partial charge in [-0.3, -0.25) is 4.79 Å². The molecule has 170 valence electrons. The van der Waals surface area contributed by atoms with Gasteiger partial charge in [-0.25, -0.2) is 8.42 Å². The van der Waals surface area contributed by atoms with Crippen molar-refractivity contribution in [3.05, 3.63) is 83.4 Å². The van der Waals surface area contributed by atoms with E-state index in [1.807, 2.05) is 45.0 Å². The quantitative estimate of drug-likeness (QED) is 0.396. The molecule has 1 amide bonds. The molecule has 2 N–H and O–H groups in total. The molecule has 1 atom stereocenters. The van der Waals surface area contributed by atoms with Gasteiger partial charge < -0.3 is 5.32 Å². The Morgan fingerprint density at radius 2 is 1.67 bits per heavy atom. The van der Waals surface area contributed by atoms with Crippen LogP contribution in [0.4, 0.5) is 5.69 Å². The van der Waals surface area contributed by atoms with Crippen molar-refractivity contribution < 1.29 is 13.2 Å². The molecule has 4 rings (SSSR count). The maximum atomic E-state index is 13.5. The number of nitrogens with zero attached hydrogens (tertiary/aromatic N) is 2. The van der Waals surface area contributed by atoms with Gasteiger partial charge >= 0.3 is 0 Å². The Labute approximate surface area is 197 Å². The van der Waals surface area contributed by atoms with Gasteiger partial charge in [-0.2, -0.15) is 13.5 Å². The van der Waals surface area contributed by atoms with Gasteiger partial charge in [0.25, 0.3) is 0 Å². The van der Waals surface area contributed by atoms with Crippen molar-refractivity contribution in [1.82, 2.24) is 13.5 Å². The van der Waals surface area contributed by atoms with Gasteiger partial charge in [0.1, 0.15) is 22.0 Å². The van der Waals surface area contributed by atoms with Gasteiger partial charge in [0, 0.05) is 5.69 Å². The normalized spacial score (nSPS) is 12.7. The Hall–Kier alpha value is -3.14. The first-order valence-corrected chi connectivity index (χ1v) is 12.7. The smallest absolute Gasteiger partial charge is 0.247 e. The average molecular weight is 481 g/mol. The molecular formula is C24H24N4O3S2. The number of fused-ring (bicyclic) bond motifs is 1. The Morgan fingerprint density at radius 3 is 2.39 bits per heavy atom. The minimum Gasteiger partial charge on any atom is -0.324 e. The Balaban J connectivity index is 1.73. The van der Waals surface area contributed by atoms with E-state index in [1.165, 1.54) is 6.07 Å². The minimum atomic E-state index is -4.08. The summed E-state index contributed by atoms with van der Waals surface area (Å²) in [6.45, 7) is 6.01. The van der Waals surface area contributed by atoms with Gasteiger partial charge in [-0.15, -0.1) is 0 Å². The number of rotatable bonds is 7. The highest BCUT2D eigenvalue weighted by Crippen LogP contribution is 2.29. The lowest BCUT2D eigenvalue weighted by Gasteiger charge is -2.22. The maximum absolute atomic E-state index is 13.5. The summed E-state index contributed by atoms with van der Waals surface area (Å²) < 4.78 is 37.6. The fraction of sp³-hybridized carbons (Fsp3) is 0.208. The number of nitrogens with one attached hydrogen (secondary N) is 2. The zero-order chi connectivity index (χ0) is 23.6. The summed E-state index contributed by atoms with van der Waals surface area (Å²) >= 11 is 0.941. The number of aromatic nitrogens is 2. The van der Waals surface area contributed by atoms with Crippen LogP contribution < -0.4 is 10.0 Å². The van der Waals surface area contributed by atoms with Crippen LogP contribution in [0.3, 0.4) is 0 Å². The molecular weight excluding hydrogens is 456 g/mol. The van der Waals surface area contributed by atoms with E-state index in [0.717, 1.165) is 22.9 Å². The predicted molar refractivity (Wildman–Crippen MR) is 131 cm³/mol. The second-order valence-electron chi connectivity index (χ2n) is 8.04. The molecule has 0 spiro atoms. The average Bonchev–Trinajstić information content (AvgIpc) is 3.28. The lowest BCUT2D eigenvalue weighted by Crippen LogP contribution is -2.37. The number of hydrogen-bond acceptors (Lipinski definition) is 6. The van der Waals surface area contributed by atoms with Crippen molar-refractivity contribution in [2.45, 2.75) is 37.6 Å². The standard InChI is InChI=1S/C24H24N4O3S2/c1-15(2)18-12-7-9-16(3)21(18)25-24(29)22(17-10-5-4-6-11-17)28-33(30,31)20-14-8-13-19-23(20)27-32-26-19/h4-15,22,28H,1-3H3,(H,25,29). The van der Waals surface area contributed by atoms with Crippen molar-refractivity contribution in [1.29, 1.82) is 0 Å². The van der Waals surface area contributed by atoms with Crippen molar-refractivity contribution in [3.8, 4) is 0 Å². The summed E-state index contributed by atoms with van der Waals surface area (Å²) in [5.41, 5.74) is 3.89. The van der Waals surface area contributed by atoms with Crippen LogP contribution >= 0.6 is 11.7 Å². The first kappa shape index (κ1) is 23.0. The topological polar surface area (TPSA) is 101 Å². The number of para-hydroxylation sites is 1. The summed E-state index contributed by atoms with van der Waals surface area (Å²) in [5, 5.41) is 2.97. The maximum Gasteiger partial charge on any atom is 0.247 e. The second kappa shape index (κ2) is 9.38. The molecule has 3 aromatic carbocycles. The number of carbonyl (C=O) groups excluding carboxylic acids is 1. The van der Waals surface area contributed by atoms with Gasteiger partial charge in [-0.05, 0) is 41.7 Å². The van der Waals surface area contributed by atoms with Crippen molar-refractivity contribution in [2.75, 3.05) is 5.32 Å². The zero-order valence-corrected chi connectivity index (χ0v) is 20.1. The molecule has 1 aromatic heterocycles. The van der Waals surface area contributed by atoms with Gasteiger partial charge in [0.05, 0.1) is 11.7 Å². The number of hydrogen-bond donors (Lipinski definition) is 2. The molecule has 0 bridgehead atoms. The largest absolute Gasteiger partial charge is 0.324 e. The van der Waals surface area contributed by atoms with E-state index in [0.29, 0.717) is 16.8 Å². The van der Waals surface area contributed by atoms with Crippen LogP contribution in [-0.2, 0) is 14.8 Å². The number of sulfonamides is 1. The van der Waals surface area contributed by atoms with E-state index in [4.69, 9.17) is 0 Å². The van der Waals surface area contributed by atoms with E-state index in [2.05, 4.69) is 18.8 Å². The van der Waals surface area contributed by atoms with Crippen LogP contribution in [0, 0.1) is 6.92 Å². The Bertz CT molecular complexity index is 1400. The molecule has 1 heterocycles. The van der Waals surface area contributed by atoms with E-state index < -0.39 is 22.0 Å². The van der Waals surface area contributed by atoms with Gasteiger partial charge in [0.15, 0.2) is 0 Å². The molecule has 0 fully saturated rings. The zero-order valence-electron chi connectivity index (χ0n) is 18.4. The third kappa shape index (κ3) is 4.80. The monoisotopic (exact) mass is 480 g/mol. The summed E-state index contributed by atoms with van der Waals surface area (Å²) in [4.78, 5) is 13.5. The van der Waals surface area contributed by atoms with E-state index >= 15 is 0 Å². The first-order valence-electron chi connectivity index (χ1n) is 10.5. The molecule has 7 nitrogen and oxygen atoms in total. The fourth-order valence-corrected chi connectivity index (χ4v) is 5.62. The minimum absolute atomic E-state index is 0.0127. The van der Waals surface area contributed by atoms with Gasteiger partial charge in [0.2, 0.25) is 15.9 Å². The number of carbonyl (C=O) groups is 1. The summed E-state index contributed by atoms with van der Waals surface area (Å²) in [6, 6.07) is 18.2. The third-order valence-electron chi connectivity index (χ3n) is 5.38. The molecule has 4 aromatic rings. The molecule has 0 aliphatic carbocycles. The van der Waals surface area contributed by atoms with Crippen LogP contribution in [0.1, 0.15) is 42.5 Å². The number of amides is 1. The molecule has 0 saturated heterocycles. The molecule has 33 heavy (non-hydrogen) atoms.